The lowest BCUT2D eigenvalue weighted by atomic mass is 10.1. The first-order chi connectivity index (χ1) is 8.77. The minimum Gasteiger partial charge on any atom is -0.506 e. The second-order valence-corrected chi connectivity index (χ2v) is 4.36. The van der Waals surface area contributed by atoms with Gasteiger partial charge in [0.25, 0.3) is 0 Å². The Bertz CT molecular complexity index is 752. The molecular formula is C16H15NO. The van der Waals surface area contributed by atoms with Crippen LogP contribution in [0.4, 0.5) is 0 Å². The highest BCUT2D eigenvalue weighted by molar-refractivity contribution is 6.13. The number of nitrogens with zero attached hydrogens (tertiary/aromatic N) is 1. The Labute approximate surface area is 106 Å². The fourth-order valence-corrected chi connectivity index (χ4v) is 2.69. The van der Waals surface area contributed by atoms with Crippen molar-refractivity contribution < 1.29 is 5.11 Å². The Morgan fingerprint density at radius 1 is 1.22 bits per heavy atom. The highest BCUT2D eigenvalue weighted by Crippen LogP contribution is 2.36. The molecule has 0 atom stereocenters. The van der Waals surface area contributed by atoms with E-state index in [1.54, 1.807) is 6.07 Å². The normalized spacial score (nSPS) is 11.2. The molecule has 0 radical (unpaired) electrons. The molecule has 0 saturated carbocycles. The SMILES string of the molecule is C=Cc1ccc(O)c2c1c1ccccc1n2CC. The molecule has 1 N–H and O–H groups in total. The number of hydrogen-bond acceptors (Lipinski definition) is 1. The van der Waals surface area contributed by atoms with Crippen LogP contribution in [0.25, 0.3) is 27.9 Å². The summed E-state index contributed by atoms with van der Waals surface area (Å²) in [4.78, 5) is 0. The van der Waals surface area contributed by atoms with Crippen molar-refractivity contribution in [3.8, 4) is 5.75 Å². The number of benzene rings is 2. The van der Waals surface area contributed by atoms with E-state index in [1.165, 1.54) is 5.39 Å². The van der Waals surface area contributed by atoms with E-state index in [-0.39, 0.29) is 0 Å². The molecule has 0 bridgehead atoms. The van der Waals surface area contributed by atoms with Crippen molar-refractivity contribution in [2.45, 2.75) is 13.5 Å². The van der Waals surface area contributed by atoms with Crippen LogP contribution in [0.15, 0.2) is 43.0 Å². The van der Waals surface area contributed by atoms with Crippen molar-refractivity contribution in [3.05, 3.63) is 48.5 Å². The summed E-state index contributed by atoms with van der Waals surface area (Å²) in [6.07, 6.45) is 1.84. The van der Waals surface area contributed by atoms with Crippen LogP contribution in [0, 0.1) is 0 Å². The number of fused-ring (bicyclic) bond motifs is 3. The lowest BCUT2D eigenvalue weighted by molar-refractivity contribution is 0.478. The Balaban J connectivity index is 2.67. The second-order valence-electron chi connectivity index (χ2n) is 4.36. The third-order valence-electron chi connectivity index (χ3n) is 3.46. The molecule has 0 amide bonds. The van der Waals surface area contributed by atoms with Gasteiger partial charge in [-0.1, -0.05) is 36.9 Å². The highest BCUT2D eigenvalue weighted by atomic mass is 16.3. The molecule has 1 aromatic heterocycles. The van der Waals surface area contributed by atoms with Gasteiger partial charge in [0.05, 0.1) is 5.52 Å². The van der Waals surface area contributed by atoms with Gasteiger partial charge in [0, 0.05) is 22.8 Å². The van der Waals surface area contributed by atoms with E-state index >= 15 is 0 Å². The third-order valence-corrected chi connectivity index (χ3v) is 3.46. The summed E-state index contributed by atoms with van der Waals surface area (Å²) in [6.45, 7) is 6.78. The molecule has 0 aliphatic heterocycles. The molecule has 0 aliphatic carbocycles. The molecule has 3 aromatic rings. The zero-order valence-electron chi connectivity index (χ0n) is 10.4. The van der Waals surface area contributed by atoms with E-state index in [0.29, 0.717) is 5.75 Å². The Morgan fingerprint density at radius 3 is 2.72 bits per heavy atom. The molecule has 1 heterocycles. The monoisotopic (exact) mass is 237 g/mol. The fourth-order valence-electron chi connectivity index (χ4n) is 2.69. The van der Waals surface area contributed by atoms with Crippen LogP contribution >= 0.6 is 0 Å². The van der Waals surface area contributed by atoms with Crippen LogP contribution in [0.5, 0.6) is 5.75 Å². The van der Waals surface area contributed by atoms with E-state index < -0.39 is 0 Å². The number of phenols is 1. The van der Waals surface area contributed by atoms with Crippen molar-refractivity contribution in [2.75, 3.05) is 0 Å². The molecular weight excluding hydrogens is 222 g/mol. The van der Waals surface area contributed by atoms with Gasteiger partial charge in [-0.05, 0) is 24.6 Å². The van der Waals surface area contributed by atoms with E-state index in [1.807, 2.05) is 24.3 Å². The number of phenolic OH excluding ortho intramolecular Hbond substituents is 1. The average Bonchev–Trinajstić information content (AvgIpc) is 2.75. The molecule has 2 heteroatoms. The molecule has 0 unspecified atom stereocenters. The summed E-state index contributed by atoms with van der Waals surface area (Å²) < 4.78 is 2.15. The van der Waals surface area contributed by atoms with Gasteiger partial charge in [0.1, 0.15) is 5.75 Å². The summed E-state index contributed by atoms with van der Waals surface area (Å²) in [5.41, 5.74) is 3.11. The van der Waals surface area contributed by atoms with Crippen LogP contribution < -0.4 is 0 Å². The van der Waals surface area contributed by atoms with Gasteiger partial charge in [-0.15, -0.1) is 0 Å². The number of aromatic hydroxyl groups is 1. The molecule has 90 valence electrons. The maximum Gasteiger partial charge on any atom is 0.139 e. The Kier molecular flexibility index (Phi) is 2.37. The first-order valence-electron chi connectivity index (χ1n) is 6.13. The fraction of sp³-hybridized carbons (Fsp3) is 0.125. The van der Waals surface area contributed by atoms with Crippen LogP contribution in [0.1, 0.15) is 12.5 Å². The quantitative estimate of drug-likeness (QED) is 0.711. The lowest BCUT2D eigenvalue weighted by Crippen LogP contribution is -1.93. The number of para-hydroxylation sites is 1. The van der Waals surface area contributed by atoms with E-state index in [0.717, 1.165) is 28.5 Å². The van der Waals surface area contributed by atoms with Crippen molar-refractivity contribution in [3.63, 3.8) is 0 Å². The summed E-state index contributed by atoms with van der Waals surface area (Å²) >= 11 is 0. The number of aromatic nitrogens is 1. The Morgan fingerprint density at radius 2 is 2.00 bits per heavy atom. The van der Waals surface area contributed by atoms with Gasteiger partial charge >= 0.3 is 0 Å². The summed E-state index contributed by atoms with van der Waals surface area (Å²) in [7, 11) is 0. The van der Waals surface area contributed by atoms with E-state index in [9.17, 15) is 5.11 Å². The lowest BCUT2D eigenvalue weighted by Gasteiger charge is -2.05. The predicted molar refractivity (Wildman–Crippen MR) is 76.9 cm³/mol. The maximum absolute atomic E-state index is 10.1. The van der Waals surface area contributed by atoms with Gasteiger partial charge in [0.15, 0.2) is 0 Å². The van der Waals surface area contributed by atoms with Crippen LogP contribution in [0.2, 0.25) is 0 Å². The highest BCUT2D eigenvalue weighted by Gasteiger charge is 2.14. The molecule has 0 fully saturated rings. The van der Waals surface area contributed by atoms with Gasteiger partial charge in [0.2, 0.25) is 0 Å². The van der Waals surface area contributed by atoms with Crippen molar-refractivity contribution >= 4 is 27.9 Å². The maximum atomic E-state index is 10.1. The number of hydrogen-bond donors (Lipinski definition) is 1. The minimum absolute atomic E-state index is 0.327. The average molecular weight is 237 g/mol. The molecule has 0 aliphatic rings. The van der Waals surface area contributed by atoms with E-state index in [4.69, 9.17) is 0 Å². The second kappa shape index (κ2) is 3.91. The largest absolute Gasteiger partial charge is 0.506 e. The summed E-state index contributed by atoms with van der Waals surface area (Å²) in [6, 6.07) is 11.9. The van der Waals surface area contributed by atoms with Crippen LogP contribution in [0.3, 0.4) is 0 Å². The molecule has 3 rings (SSSR count). The van der Waals surface area contributed by atoms with Crippen molar-refractivity contribution in [2.24, 2.45) is 0 Å². The standard InChI is InChI=1S/C16H15NO/c1-3-11-9-10-14(18)16-15(11)12-7-5-6-8-13(12)17(16)4-2/h3,5-10,18H,1,4H2,2H3. The first kappa shape index (κ1) is 10.9. The van der Waals surface area contributed by atoms with Gasteiger partial charge in [-0.25, -0.2) is 0 Å². The van der Waals surface area contributed by atoms with Gasteiger partial charge in [-0.3, -0.25) is 0 Å². The zero-order chi connectivity index (χ0) is 12.7. The smallest absolute Gasteiger partial charge is 0.139 e. The van der Waals surface area contributed by atoms with Gasteiger partial charge < -0.3 is 9.67 Å². The van der Waals surface area contributed by atoms with E-state index in [2.05, 4.69) is 30.2 Å². The Hall–Kier alpha value is -2.22. The first-order valence-corrected chi connectivity index (χ1v) is 6.13. The number of aryl methyl sites for hydroxylation is 1. The minimum atomic E-state index is 0.327. The summed E-state index contributed by atoms with van der Waals surface area (Å²) in [5, 5.41) is 12.4. The van der Waals surface area contributed by atoms with Crippen LogP contribution in [-0.4, -0.2) is 9.67 Å². The third kappa shape index (κ3) is 1.29. The molecule has 18 heavy (non-hydrogen) atoms. The summed E-state index contributed by atoms with van der Waals surface area (Å²) in [5.74, 6) is 0.327. The van der Waals surface area contributed by atoms with Crippen molar-refractivity contribution in [1.82, 2.24) is 4.57 Å². The topological polar surface area (TPSA) is 25.2 Å². The predicted octanol–water partition coefficient (Wildman–Crippen LogP) is 4.16. The molecule has 0 saturated heterocycles. The number of rotatable bonds is 2. The molecule has 2 nitrogen and oxygen atoms in total. The zero-order valence-corrected chi connectivity index (χ0v) is 10.4. The van der Waals surface area contributed by atoms with Gasteiger partial charge in [-0.2, -0.15) is 0 Å². The molecule has 0 spiro atoms. The van der Waals surface area contributed by atoms with Crippen molar-refractivity contribution in [1.29, 1.82) is 0 Å². The molecule has 2 aromatic carbocycles. The van der Waals surface area contributed by atoms with Crippen LogP contribution in [-0.2, 0) is 6.54 Å².